The quantitative estimate of drug-likeness (QED) is 0.766. The Labute approximate surface area is 134 Å². The molecule has 8 heteroatoms. The zero-order chi connectivity index (χ0) is 15.8. The van der Waals surface area contributed by atoms with Crippen LogP contribution in [0.5, 0.6) is 5.75 Å². The largest absolute Gasteiger partial charge is 0.481 e. The summed E-state index contributed by atoms with van der Waals surface area (Å²) in [7, 11) is 0. The maximum Gasteiger partial charge on any atom is 0.262 e. The lowest BCUT2D eigenvalue weighted by Gasteiger charge is -2.20. The Morgan fingerprint density at radius 2 is 2.39 bits per heavy atom. The van der Waals surface area contributed by atoms with E-state index < -0.39 is 0 Å². The van der Waals surface area contributed by atoms with Crippen molar-refractivity contribution >= 4 is 33.8 Å². The lowest BCUT2D eigenvalue weighted by Crippen LogP contribution is -2.29. The number of carbonyl (C=O) groups excluding carboxylic acids is 2. The van der Waals surface area contributed by atoms with E-state index in [2.05, 4.69) is 15.6 Å². The van der Waals surface area contributed by atoms with Crippen LogP contribution in [0.25, 0.3) is 4.96 Å². The van der Waals surface area contributed by atoms with E-state index in [1.807, 2.05) is 16.0 Å². The number of imidazole rings is 1. The number of aromatic nitrogens is 2. The molecule has 1 aromatic carbocycles. The number of hydrogen-bond donors (Lipinski definition) is 2. The van der Waals surface area contributed by atoms with Crippen molar-refractivity contribution < 1.29 is 14.3 Å². The van der Waals surface area contributed by atoms with Crippen molar-refractivity contribution in [2.45, 2.75) is 6.54 Å². The molecule has 0 unspecified atom stereocenters. The van der Waals surface area contributed by atoms with Gasteiger partial charge in [0.05, 0.1) is 29.7 Å². The number of benzene rings is 1. The maximum atomic E-state index is 12.4. The molecule has 0 spiro atoms. The lowest BCUT2D eigenvalue weighted by molar-refractivity contribution is -0.118. The van der Waals surface area contributed by atoms with Gasteiger partial charge in [-0.1, -0.05) is 6.07 Å². The van der Waals surface area contributed by atoms with Crippen molar-refractivity contribution in [1.29, 1.82) is 0 Å². The second-order valence-electron chi connectivity index (χ2n) is 5.01. The molecule has 0 bridgehead atoms. The van der Waals surface area contributed by atoms with Crippen LogP contribution in [0.3, 0.4) is 0 Å². The van der Waals surface area contributed by atoms with Gasteiger partial charge in [0, 0.05) is 11.6 Å². The minimum Gasteiger partial charge on any atom is -0.481 e. The average Bonchev–Trinajstić information content (AvgIpc) is 3.15. The van der Waals surface area contributed by atoms with E-state index in [-0.39, 0.29) is 18.4 Å². The van der Waals surface area contributed by atoms with Crippen LogP contribution in [0.15, 0.2) is 36.0 Å². The molecule has 116 valence electrons. The highest BCUT2D eigenvalue weighted by atomic mass is 32.1. The molecule has 0 radical (unpaired) electrons. The van der Waals surface area contributed by atoms with Gasteiger partial charge in [0.2, 0.25) is 0 Å². The number of nitrogens with one attached hydrogen (secondary N) is 2. The Kier molecular flexibility index (Phi) is 3.23. The number of nitrogens with zero attached hydrogens (tertiary/aromatic N) is 2. The summed E-state index contributed by atoms with van der Waals surface area (Å²) < 4.78 is 7.33. The van der Waals surface area contributed by atoms with E-state index in [0.717, 1.165) is 10.7 Å². The second kappa shape index (κ2) is 5.40. The molecule has 3 heterocycles. The molecule has 3 aromatic rings. The average molecular weight is 328 g/mol. The molecule has 7 nitrogen and oxygen atoms in total. The Hall–Kier alpha value is -2.87. The van der Waals surface area contributed by atoms with Crippen molar-refractivity contribution in [2.75, 3.05) is 11.9 Å². The zero-order valence-corrected chi connectivity index (χ0v) is 12.7. The Balaban J connectivity index is 1.55. The summed E-state index contributed by atoms with van der Waals surface area (Å²) in [6.45, 7) is 0.266. The van der Waals surface area contributed by atoms with Crippen molar-refractivity contribution in [3.05, 3.63) is 47.2 Å². The predicted molar refractivity (Wildman–Crippen MR) is 84.8 cm³/mol. The molecule has 0 aliphatic carbocycles. The first kappa shape index (κ1) is 13.8. The van der Waals surface area contributed by atoms with Crippen LogP contribution in [0.4, 0.5) is 5.69 Å². The van der Waals surface area contributed by atoms with Crippen molar-refractivity contribution in [3.63, 3.8) is 0 Å². The summed E-state index contributed by atoms with van der Waals surface area (Å²) in [5, 5.41) is 7.49. The van der Waals surface area contributed by atoms with E-state index in [1.165, 1.54) is 11.3 Å². The van der Waals surface area contributed by atoms with Gasteiger partial charge in [-0.15, -0.1) is 11.3 Å². The molecular formula is C15H12N4O3S. The third-order valence-electron chi connectivity index (χ3n) is 3.53. The lowest BCUT2D eigenvalue weighted by atomic mass is 10.1. The summed E-state index contributed by atoms with van der Waals surface area (Å²) in [5.41, 5.74) is 1.81. The van der Waals surface area contributed by atoms with Gasteiger partial charge in [0.25, 0.3) is 11.8 Å². The molecular weight excluding hydrogens is 316 g/mol. The number of para-hydroxylation sites is 1. The SMILES string of the molecule is O=C1COc2c(cccc2C(=O)NCc2cnc3sccn23)N1. The summed E-state index contributed by atoms with van der Waals surface area (Å²) in [6, 6.07) is 5.08. The number of ether oxygens (including phenoxy) is 1. The Morgan fingerprint density at radius 3 is 3.30 bits per heavy atom. The van der Waals surface area contributed by atoms with Crippen LogP contribution in [0.2, 0.25) is 0 Å². The van der Waals surface area contributed by atoms with Crippen molar-refractivity contribution in [1.82, 2.24) is 14.7 Å². The Bertz CT molecular complexity index is 914. The van der Waals surface area contributed by atoms with Crippen LogP contribution in [-0.4, -0.2) is 27.8 Å². The molecule has 2 N–H and O–H groups in total. The first-order chi connectivity index (χ1) is 11.2. The highest BCUT2D eigenvalue weighted by Crippen LogP contribution is 2.31. The standard InChI is InChI=1S/C15H12N4O3S/c20-12-8-22-13-10(2-1-3-11(13)18-12)14(21)16-6-9-7-17-15-19(9)4-5-23-15/h1-5,7H,6,8H2,(H,16,21)(H,18,20). The normalized spacial score (nSPS) is 13.3. The zero-order valence-electron chi connectivity index (χ0n) is 11.9. The number of rotatable bonds is 3. The van der Waals surface area contributed by atoms with Gasteiger partial charge in [-0.2, -0.15) is 0 Å². The fourth-order valence-corrected chi connectivity index (χ4v) is 3.18. The van der Waals surface area contributed by atoms with Crippen LogP contribution >= 0.6 is 11.3 Å². The van der Waals surface area contributed by atoms with E-state index in [0.29, 0.717) is 23.5 Å². The van der Waals surface area contributed by atoms with Crippen molar-refractivity contribution in [2.24, 2.45) is 0 Å². The third kappa shape index (κ3) is 2.42. The Morgan fingerprint density at radius 1 is 1.48 bits per heavy atom. The van der Waals surface area contributed by atoms with Gasteiger partial charge in [0.1, 0.15) is 0 Å². The molecule has 2 amide bonds. The molecule has 1 aliphatic rings. The summed E-state index contributed by atoms with van der Waals surface area (Å²) in [4.78, 5) is 28.9. The van der Waals surface area contributed by atoms with Crippen LogP contribution in [-0.2, 0) is 11.3 Å². The van der Waals surface area contributed by atoms with Crippen LogP contribution in [0, 0.1) is 0 Å². The molecule has 0 saturated carbocycles. The number of thiazole rings is 1. The van der Waals surface area contributed by atoms with Gasteiger partial charge in [-0.25, -0.2) is 4.98 Å². The van der Waals surface area contributed by atoms with Gasteiger partial charge >= 0.3 is 0 Å². The van der Waals surface area contributed by atoms with E-state index in [1.54, 1.807) is 24.4 Å². The molecule has 1 aliphatic heterocycles. The predicted octanol–water partition coefficient (Wildman–Crippen LogP) is 1.66. The summed E-state index contributed by atoms with van der Waals surface area (Å²) in [6.07, 6.45) is 3.65. The number of fused-ring (bicyclic) bond motifs is 2. The van der Waals surface area contributed by atoms with E-state index >= 15 is 0 Å². The van der Waals surface area contributed by atoms with Gasteiger partial charge in [-0.3, -0.25) is 14.0 Å². The second-order valence-corrected chi connectivity index (χ2v) is 5.88. The number of amides is 2. The summed E-state index contributed by atoms with van der Waals surface area (Å²) >= 11 is 1.54. The van der Waals surface area contributed by atoms with Gasteiger partial charge < -0.3 is 15.4 Å². The number of anilines is 1. The maximum absolute atomic E-state index is 12.4. The molecule has 4 rings (SSSR count). The van der Waals surface area contributed by atoms with Gasteiger partial charge in [-0.05, 0) is 12.1 Å². The van der Waals surface area contributed by atoms with Gasteiger partial charge in [0.15, 0.2) is 17.3 Å². The number of hydrogen-bond acceptors (Lipinski definition) is 5. The minimum absolute atomic E-state index is 0.0879. The van der Waals surface area contributed by atoms with Crippen LogP contribution in [0.1, 0.15) is 16.1 Å². The molecule has 23 heavy (non-hydrogen) atoms. The van der Waals surface area contributed by atoms with E-state index in [4.69, 9.17) is 4.74 Å². The molecule has 0 saturated heterocycles. The minimum atomic E-state index is -0.261. The van der Waals surface area contributed by atoms with Crippen molar-refractivity contribution in [3.8, 4) is 5.75 Å². The first-order valence-corrected chi connectivity index (χ1v) is 7.83. The van der Waals surface area contributed by atoms with E-state index in [9.17, 15) is 9.59 Å². The molecule has 2 aromatic heterocycles. The fourth-order valence-electron chi connectivity index (χ4n) is 2.47. The monoisotopic (exact) mass is 328 g/mol. The first-order valence-electron chi connectivity index (χ1n) is 6.95. The fraction of sp³-hybridized carbons (Fsp3) is 0.133. The van der Waals surface area contributed by atoms with Crippen LogP contribution < -0.4 is 15.4 Å². The smallest absolute Gasteiger partial charge is 0.262 e. The number of carbonyl (C=O) groups is 2. The highest BCUT2D eigenvalue weighted by Gasteiger charge is 2.22. The molecule has 0 fully saturated rings. The summed E-state index contributed by atoms with van der Waals surface area (Å²) in [5.74, 6) is -0.0871. The topological polar surface area (TPSA) is 84.7 Å². The third-order valence-corrected chi connectivity index (χ3v) is 4.31. The highest BCUT2D eigenvalue weighted by molar-refractivity contribution is 7.15. The molecule has 0 atom stereocenters.